The molecule has 1 aromatic heterocycles. The number of pyridine rings is 1. The standard InChI is InChI=1S/C16H20N2O/c1-11-5-4-6-14(9-11)13(3)17-10-15-16(19)8-7-12(2)18-15/h4-9,13,17,19H,10H2,1-3H3/t13-/m0/s1. The molecule has 100 valence electrons. The molecular weight excluding hydrogens is 236 g/mol. The molecule has 3 nitrogen and oxygen atoms in total. The van der Waals surface area contributed by atoms with Crippen LogP contribution in [0.15, 0.2) is 36.4 Å². The highest BCUT2D eigenvalue weighted by atomic mass is 16.3. The van der Waals surface area contributed by atoms with Gasteiger partial charge in [0.1, 0.15) is 5.75 Å². The molecule has 0 saturated heterocycles. The zero-order valence-corrected chi connectivity index (χ0v) is 11.6. The van der Waals surface area contributed by atoms with Gasteiger partial charge in [0.2, 0.25) is 0 Å². The van der Waals surface area contributed by atoms with Crippen molar-refractivity contribution >= 4 is 0 Å². The Kier molecular flexibility index (Phi) is 4.17. The fraction of sp³-hybridized carbons (Fsp3) is 0.312. The molecule has 0 radical (unpaired) electrons. The van der Waals surface area contributed by atoms with Gasteiger partial charge >= 0.3 is 0 Å². The van der Waals surface area contributed by atoms with Gasteiger partial charge in [-0.2, -0.15) is 0 Å². The molecule has 0 fully saturated rings. The molecular formula is C16H20N2O. The first-order valence-corrected chi connectivity index (χ1v) is 6.51. The van der Waals surface area contributed by atoms with Gasteiger partial charge in [-0.1, -0.05) is 29.8 Å². The molecule has 2 N–H and O–H groups in total. The lowest BCUT2D eigenvalue weighted by Gasteiger charge is -2.15. The third-order valence-corrected chi connectivity index (χ3v) is 3.21. The lowest BCUT2D eigenvalue weighted by Crippen LogP contribution is -2.19. The molecule has 0 aliphatic heterocycles. The van der Waals surface area contributed by atoms with Crippen LogP contribution in [0.5, 0.6) is 5.75 Å². The van der Waals surface area contributed by atoms with E-state index < -0.39 is 0 Å². The largest absolute Gasteiger partial charge is 0.506 e. The van der Waals surface area contributed by atoms with E-state index in [1.165, 1.54) is 11.1 Å². The van der Waals surface area contributed by atoms with Gasteiger partial charge in [-0.15, -0.1) is 0 Å². The van der Waals surface area contributed by atoms with Crippen LogP contribution in [0.25, 0.3) is 0 Å². The topological polar surface area (TPSA) is 45.2 Å². The monoisotopic (exact) mass is 256 g/mol. The maximum absolute atomic E-state index is 9.76. The molecule has 3 heteroatoms. The summed E-state index contributed by atoms with van der Waals surface area (Å²) in [5, 5.41) is 13.1. The van der Waals surface area contributed by atoms with E-state index in [9.17, 15) is 5.11 Å². The predicted octanol–water partition coefficient (Wildman–Crippen LogP) is 3.25. The van der Waals surface area contributed by atoms with Crippen molar-refractivity contribution in [2.75, 3.05) is 0 Å². The fourth-order valence-corrected chi connectivity index (χ4v) is 2.04. The Morgan fingerprint density at radius 3 is 2.74 bits per heavy atom. The van der Waals surface area contributed by atoms with Crippen LogP contribution >= 0.6 is 0 Å². The Bertz CT molecular complexity index is 566. The molecule has 19 heavy (non-hydrogen) atoms. The average Bonchev–Trinajstić information content (AvgIpc) is 2.39. The molecule has 1 atom stereocenters. The number of nitrogens with zero attached hydrogens (tertiary/aromatic N) is 1. The Hall–Kier alpha value is -1.87. The summed E-state index contributed by atoms with van der Waals surface area (Å²) in [5.41, 5.74) is 4.10. The second kappa shape index (κ2) is 5.85. The van der Waals surface area contributed by atoms with E-state index in [0.717, 1.165) is 5.69 Å². The predicted molar refractivity (Wildman–Crippen MR) is 77.1 cm³/mol. The van der Waals surface area contributed by atoms with Crippen LogP contribution in [0.2, 0.25) is 0 Å². The lowest BCUT2D eigenvalue weighted by molar-refractivity contribution is 0.454. The van der Waals surface area contributed by atoms with Gasteiger partial charge < -0.3 is 10.4 Å². The van der Waals surface area contributed by atoms with Crippen molar-refractivity contribution < 1.29 is 5.11 Å². The molecule has 0 unspecified atom stereocenters. The zero-order chi connectivity index (χ0) is 13.8. The number of aryl methyl sites for hydroxylation is 2. The van der Waals surface area contributed by atoms with Gasteiger partial charge in [0.25, 0.3) is 0 Å². The van der Waals surface area contributed by atoms with Gasteiger partial charge in [-0.3, -0.25) is 4.98 Å². The van der Waals surface area contributed by atoms with Crippen LogP contribution in [0.3, 0.4) is 0 Å². The van der Waals surface area contributed by atoms with Crippen molar-refractivity contribution in [2.24, 2.45) is 0 Å². The highest BCUT2D eigenvalue weighted by molar-refractivity contribution is 5.28. The van der Waals surface area contributed by atoms with Gasteiger partial charge in [0.15, 0.2) is 0 Å². The molecule has 0 spiro atoms. The van der Waals surface area contributed by atoms with Crippen LogP contribution in [0.4, 0.5) is 0 Å². The zero-order valence-electron chi connectivity index (χ0n) is 11.6. The number of nitrogens with one attached hydrogen (secondary N) is 1. The summed E-state index contributed by atoms with van der Waals surface area (Å²) in [5.74, 6) is 0.245. The third kappa shape index (κ3) is 3.55. The summed E-state index contributed by atoms with van der Waals surface area (Å²) in [4.78, 5) is 4.34. The van der Waals surface area contributed by atoms with E-state index in [2.05, 4.69) is 48.4 Å². The molecule has 2 aromatic rings. The van der Waals surface area contributed by atoms with E-state index in [0.29, 0.717) is 12.2 Å². The quantitative estimate of drug-likeness (QED) is 0.882. The SMILES string of the molecule is Cc1cccc([C@H](C)NCc2nc(C)ccc2O)c1. The second-order valence-corrected chi connectivity index (χ2v) is 4.94. The maximum Gasteiger partial charge on any atom is 0.138 e. The first-order valence-electron chi connectivity index (χ1n) is 6.51. The number of aromatic nitrogens is 1. The Balaban J connectivity index is 2.04. The van der Waals surface area contributed by atoms with Crippen LogP contribution in [0.1, 0.15) is 35.5 Å². The highest BCUT2D eigenvalue weighted by Gasteiger charge is 2.08. The normalized spacial score (nSPS) is 12.4. The van der Waals surface area contributed by atoms with Crippen molar-refractivity contribution in [2.45, 2.75) is 33.4 Å². The first-order chi connectivity index (χ1) is 9.06. The van der Waals surface area contributed by atoms with Gasteiger partial charge in [-0.25, -0.2) is 0 Å². The molecule has 0 aliphatic carbocycles. The minimum atomic E-state index is 0.224. The molecule has 1 aromatic carbocycles. The molecule has 0 saturated carbocycles. The molecule has 2 rings (SSSR count). The molecule has 0 aliphatic rings. The number of benzene rings is 1. The van der Waals surface area contributed by atoms with E-state index in [1.54, 1.807) is 6.07 Å². The smallest absolute Gasteiger partial charge is 0.138 e. The van der Waals surface area contributed by atoms with Crippen LogP contribution < -0.4 is 5.32 Å². The van der Waals surface area contributed by atoms with Crippen molar-refractivity contribution in [3.05, 3.63) is 58.9 Å². The van der Waals surface area contributed by atoms with E-state index in [1.807, 2.05) is 13.0 Å². The first kappa shape index (κ1) is 13.6. The number of hydrogen-bond acceptors (Lipinski definition) is 3. The van der Waals surface area contributed by atoms with Gasteiger partial charge in [0.05, 0.1) is 5.69 Å². The minimum Gasteiger partial charge on any atom is -0.506 e. The van der Waals surface area contributed by atoms with Crippen molar-refractivity contribution in [3.8, 4) is 5.75 Å². The minimum absolute atomic E-state index is 0.224. The van der Waals surface area contributed by atoms with Crippen LogP contribution in [-0.2, 0) is 6.54 Å². The molecule has 0 amide bonds. The summed E-state index contributed by atoms with van der Waals surface area (Å²) < 4.78 is 0. The number of aromatic hydroxyl groups is 1. The van der Waals surface area contributed by atoms with Gasteiger partial charge in [0, 0.05) is 18.3 Å². The fourth-order valence-electron chi connectivity index (χ4n) is 2.04. The Morgan fingerprint density at radius 1 is 1.21 bits per heavy atom. The lowest BCUT2D eigenvalue weighted by atomic mass is 10.1. The summed E-state index contributed by atoms with van der Waals surface area (Å²) in [6.07, 6.45) is 0. The number of hydrogen-bond donors (Lipinski definition) is 2. The Labute approximate surface area is 114 Å². The van der Waals surface area contributed by atoms with Gasteiger partial charge in [-0.05, 0) is 38.5 Å². The molecule has 0 bridgehead atoms. The van der Waals surface area contributed by atoms with Crippen LogP contribution in [0, 0.1) is 13.8 Å². The van der Waals surface area contributed by atoms with E-state index in [-0.39, 0.29) is 11.8 Å². The Morgan fingerprint density at radius 2 is 2.00 bits per heavy atom. The highest BCUT2D eigenvalue weighted by Crippen LogP contribution is 2.18. The van der Waals surface area contributed by atoms with Crippen molar-refractivity contribution in [3.63, 3.8) is 0 Å². The summed E-state index contributed by atoms with van der Waals surface area (Å²) >= 11 is 0. The van der Waals surface area contributed by atoms with E-state index in [4.69, 9.17) is 0 Å². The van der Waals surface area contributed by atoms with Crippen LogP contribution in [-0.4, -0.2) is 10.1 Å². The second-order valence-electron chi connectivity index (χ2n) is 4.94. The molecule has 1 heterocycles. The summed E-state index contributed by atoms with van der Waals surface area (Å²) in [6.45, 7) is 6.68. The maximum atomic E-state index is 9.76. The van der Waals surface area contributed by atoms with Crippen molar-refractivity contribution in [1.82, 2.24) is 10.3 Å². The van der Waals surface area contributed by atoms with Crippen molar-refractivity contribution in [1.29, 1.82) is 0 Å². The number of rotatable bonds is 4. The average molecular weight is 256 g/mol. The summed E-state index contributed by atoms with van der Waals surface area (Å²) in [7, 11) is 0. The van der Waals surface area contributed by atoms with E-state index >= 15 is 0 Å². The third-order valence-electron chi connectivity index (χ3n) is 3.21. The summed E-state index contributed by atoms with van der Waals surface area (Å²) in [6, 6.07) is 12.1.